The Morgan fingerprint density at radius 3 is 2.52 bits per heavy atom. The lowest BCUT2D eigenvalue weighted by atomic mass is 9.96. The van der Waals surface area contributed by atoms with Gasteiger partial charge in [0, 0.05) is 17.1 Å². The van der Waals surface area contributed by atoms with Crippen LogP contribution in [0, 0.1) is 11.3 Å². The molecule has 0 spiro atoms. The first-order chi connectivity index (χ1) is 12.1. The molecule has 1 N–H and O–H groups in total. The molecule has 1 aliphatic carbocycles. The van der Waals surface area contributed by atoms with Gasteiger partial charge in [-0.3, -0.25) is 4.79 Å². The second kappa shape index (κ2) is 5.91. The molecule has 122 valence electrons. The summed E-state index contributed by atoms with van der Waals surface area (Å²) >= 11 is 1.33. The number of carboxylic acids is 1. The Hall–Kier alpha value is -2.84. The van der Waals surface area contributed by atoms with E-state index in [4.69, 9.17) is 0 Å². The number of nitrogens with zero attached hydrogens (tertiary/aromatic N) is 2. The standard InChI is InChI=1S/C20H14N2O2S/c21-12-13-7-8-16(15-5-2-1-4-14(13)15)17-6-3-11-22-18(17)25-20(9-10-20)19(23)24/h1-8,11H,9-10H2,(H,23,24). The zero-order chi connectivity index (χ0) is 17.4. The summed E-state index contributed by atoms with van der Waals surface area (Å²) in [6, 6.07) is 17.5. The van der Waals surface area contributed by atoms with Gasteiger partial charge in [0.05, 0.1) is 11.6 Å². The summed E-state index contributed by atoms with van der Waals surface area (Å²) in [6.45, 7) is 0. The monoisotopic (exact) mass is 346 g/mol. The number of benzene rings is 2. The molecule has 0 saturated heterocycles. The van der Waals surface area contributed by atoms with Gasteiger partial charge >= 0.3 is 5.97 Å². The number of aromatic nitrogens is 1. The lowest BCUT2D eigenvalue weighted by Crippen LogP contribution is -2.17. The third-order valence-electron chi connectivity index (χ3n) is 4.49. The summed E-state index contributed by atoms with van der Waals surface area (Å²) in [5.74, 6) is -0.779. The largest absolute Gasteiger partial charge is 0.480 e. The van der Waals surface area contributed by atoms with Crippen molar-refractivity contribution < 1.29 is 9.90 Å². The molecule has 0 bridgehead atoms. The number of hydrogen-bond acceptors (Lipinski definition) is 4. The molecule has 25 heavy (non-hydrogen) atoms. The van der Waals surface area contributed by atoms with Crippen molar-refractivity contribution in [2.75, 3.05) is 0 Å². The second-order valence-corrected chi connectivity index (χ2v) is 7.45. The van der Waals surface area contributed by atoms with Crippen LogP contribution in [0.2, 0.25) is 0 Å². The topological polar surface area (TPSA) is 74.0 Å². The predicted molar refractivity (Wildman–Crippen MR) is 97.4 cm³/mol. The Labute approximate surface area is 149 Å². The minimum absolute atomic E-state index is 0.627. The molecule has 5 heteroatoms. The van der Waals surface area contributed by atoms with Gasteiger partial charge in [-0.25, -0.2) is 4.98 Å². The fourth-order valence-electron chi connectivity index (χ4n) is 2.97. The lowest BCUT2D eigenvalue weighted by molar-refractivity contribution is -0.137. The zero-order valence-electron chi connectivity index (χ0n) is 13.3. The number of aliphatic carboxylic acids is 1. The average Bonchev–Trinajstić information content (AvgIpc) is 3.42. The maximum absolute atomic E-state index is 11.5. The molecule has 2 aromatic carbocycles. The van der Waals surface area contributed by atoms with Crippen LogP contribution in [0.25, 0.3) is 21.9 Å². The summed E-state index contributed by atoms with van der Waals surface area (Å²) < 4.78 is -0.745. The molecule has 1 saturated carbocycles. The minimum Gasteiger partial charge on any atom is -0.480 e. The Morgan fingerprint density at radius 2 is 1.84 bits per heavy atom. The first kappa shape index (κ1) is 15.7. The maximum atomic E-state index is 11.5. The van der Waals surface area contributed by atoms with Crippen molar-refractivity contribution in [2.45, 2.75) is 22.6 Å². The van der Waals surface area contributed by atoms with E-state index in [1.807, 2.05) is 48.5 Å². The quantitative estimate of drug-likeness (QED) is 0.754. The van der Waals surface area contributed by atoms with Crippen LogP contribution in [0.3, 0.4) is 0 Å². The van der Waals surface area contributed by atoms with Crippen molar-refractivity contribution in [3.05, 3.63) is 60.3 Å². The Morgan fingerprint density at radius 1 is 1.08 bits per heavy atom. The van der Waals surface area contributed by atoms with E-state index in [2.05, 4.69) is 11.1 Å². The van der Waals surface area contributed by atoms with Crippen molar-refractivity contribution in [2.24, 2.45) is 0 Å². The smallest absolute Gasteiger partial charge is 0.320 e. The maximum Gasteiger partial charge on any atom is 0.320 e. The molecule has 0 atom stereocenters. The van der Waals surface area contributed by atoms with Crippen LogP contribution >= 0.6 is 11.8 Å². The molecular formula is C20H14N2O2S. The van der Waals surface area contributed by atoms with Gasteiger partial charge in [-0.15, -0.1) is 0 Å². The van der Waals surface area contributed by atoms with Crippen molar-refractivity contribution in [3.8, 4) is 17.2 Å². The SMILES string of the molecule is N#Cc1ccc(-c2cccnc2SC2(C(=O)O)CC2)c2ccccc12. The highest BCUT2D eigenvalue weighted by atomic mass is 32.2. The van der Waals surface area contributed by atoms with Gasteiger partial charge < -0.3 is 5.11 Å². The van der Waals surface area contributed by atoms with Crippen molar-refractivity contribution >= 4 is 28.5 Å². The van der Waals surface area contributed by atoms with Crippen LogP contribution in [0.5, 0.6) is 0 Å². The summed E-state index contributed by atoms with van der Waals surface area (Å²) in [7, 11) is 0. The van der Waals surface area contributed by atoms with E-state index >= 15 is 0 Å². The van der Waals surface area contributed by atoms with Crippen molar-refractivity contribution in [3.63, 3.8) is 0 Å². The van der Waals surface area contributed by atoms with E-state index < -0.39 is 10.7 Å². The van der Waals surface area contributed by atoms with Crippen molar-refractivity contribution in [1.82, 2.24) is 4.98 Å². The lowest BCUT2D eigenvalue weighted by Gasteiger charge is -2.14. The zero-order valence-corrected chi connectivity index (χ0v) is 14.1. The van der Waals surface area contributed by atoms with Crippen LogP contribution in [-0.4, -0.2) is 20.8 Å². The molecule has 4 nitrogen and oxygen atoms in total. The van der Waals surface area contributed by atoms with Crippen molar-refractivity contribution in [1.29, 1.82) is 5.26 Å². The van der Waals surface area contributed by atoms with Crippen LogP contribution in [-0.2, 0) is 4.79 Å². The molecule has 0 unspecified atom stereocenters. The molecule has 4 rings (SSSR count). The van der Waals surface area contributed by atoms with E-state index in [1.54, 1.807) is 6.20 Å². The average molecular weight is 346 g/mol. The predicted octanol–water partition coefficient (Wildman–Crippen LogP) is 4.48. The van der Waals surface area contributed by atoms with E-state index in [0.717, 1.165) is 26.9 Å². The molecule has 1 fully saturated rings. The third kappa shape index (κ3) is 2.65. The number of rotatable bonds is 4. The van der Waals surface area contributed by atoms with Gasteiger partial charge in [-0.1, -0.05) is 48.2 Å². The second-order valence-electron chi connectivity index (χ2n) is 6.08. The molecular weight excluding hydrogens is 332 g/mol. The molecule has 0 radical (unpaired) electrons. The fourth-order valence-corrected chi connectivity index (χ4v) is 4.13. The Balaban J connectivity index is 1.88. The summed E-state index contributed by atoms with van der Waals surface area (Å²) in [4.78, 5) is 16.0. The van der Waals surface area contributed by atoms with Gasteiger partial charge in [0.2, 0.25) is 0 Å². The number of thioether (sulfide) groups is 1. The highest BCUT2D eigenvalue weighted by Crippen LogP contribution is 2.53. The third-order valence-corrected chi connectivity index (χ3v) is 5.98. The van der Waals surface area contributed by atoms with Gasteiger partial charge in [0.25, 0.3) is 0 Å². The fraction of sp³-hybridized carbons (Fsp3) is 0.150. The van der Waals surface area contributed by atoms with Crippen LogP contribution in [0.1, 0.15) is 18.4 Å². The summed E-state index contributed by atoms with van der Waals surface area (Å²) in [5.41, 5.74) is 2.49. The van der Waals surface area contributed by atoms with E-state index in [-0.39, 0.29) is 0 Å². The molecule has 0 aliphatic heterocycles. The van der Waals surface area contributed by atoms with Crippen LogP contribution in [0.15, 0.2) is 59.8 Å². The molecule has 1 heterocycles. The van der Waals surface area contributed by atoms with Gasteiger partial charge in [-0.2, -0.15) is 5.26 Å². The molecule has 1 aromatic heterocycles. The first-order valence-corrected chi connectivity index (χ1v) is 8.76. The van der Waals surface area contributed by atoms with Gasteiger partial charge in [0.1, 0.15) is 9.77 Å². The molecule has 0 amide bonds. The highest BCUT2D eigenvalue weighted by molar-refractivity contribution is 8.01. The van der Waals surface area contributed by atoms with Gasteiger partial charge in [-0.05, 0) is 35.9 Å². The number of pyridine rings is 1. The van der Waals surface area contributed by atoms with Crippen LogP contribution in [0.4, 0.5) is 0 Å². The Kier molecular flexibility index (Phi) is 3.70. The summed E-state index contributed by atoms with van der Waals surface area (Å²) in [6.07, 6.45) is 3.02. The van der Waals surface area contributed by atoms with E-state index in [1.165, 1.54) is 11.8 Å². The number of carboxylic acid groups (broad SMARTS) is 1. The van der Waals surface area contributed by atoms with Crippen LogP contribution < -0.4 is 0 Å². The first-order valence-electron chi connectivity index (χ1n) is 7.94. The minimum atomic E-state index is -0.779. The number of hydrogen-bond donors (Lipinski definition) is 1. The van der Waals surface area contributed by atoms with Gasteiger partial charge in [0.15, 0.2) is 0 Å². The highest BCUT2D eigenvalue weighted by Gasteiger charge is 2.52. The number of nitriles is 1. The van der Waals surface area contributed by atoms with E-state index in [0.29, 0.717) is 18.4 Å². The molecule has 1 aliphatic rings. The number of carbonyl (C=O) groups is 1. The number of fused-ring (bicyclic) bond motifs is 1. The summed E-state index contributed by atoms with van der Waals surface area (Å²) in [5, 5.41) is 21.4. The molecule has 3 aromatic rings. The Bertz CT molecular complexity index is 1040. The normalized spacial score (nSPS) is 14.8. The van der Waals surface area contributed by atoms with E-state index in [9.17, 15) is 15.2 Å².